The van der Waals surface area contributed by atoms with Crippen LogP contribution in [0.5, 0.6) is 0 Å². The molecule has 0 spiro atoms. The largest absolute Gasteiger partial charge is 0.351 e. The van der Waals surface area contributed by atoms with Gasteiger partial charge in [-0.3, -0.25) is 9.67 Å². The van der Waals surface area contributed by atoms with Gasteiger partial charge in [-0.05, 0) is 51.2 Å². The van der Waals surface area contributed by atoms with Crippen LogP contribution in [0.1, 0.15) is 12.8 Å². The number of likely N-dealkylation sites (tertiary alicyclic amines) is 1. The molecule has 26 heavy (non-hydrogen) atoms. The third-order valence-corrected chi connectivity index (χ3v) is 5.05. The van der Waals surface area contributed by atoms with Crippen LogP contribution < -0.4 is 5.32 Å². The van der Waals surface area contributed by atoms with Crippen LogP contribution in [0, 0.1) is 0 Å². The number of piperidine rings is 1. The maximum absolute atomic E-state index is 4.73. The molecular weight excluding hydrogens is 328 g/mol. The van der Waals surface area contributed by atoms with Gasteiger partial charge in [0.05, 0.1) is 23.6 Å². The van der Waals surface area contributed by atoms with E-state index in [0.717, 1.165) is 53.7 Å². The van der Waals surface area contributed by atoms with Crippen molar-refractivity contribution in [3.63, 3.8) is 0 Å². The summed E-state index contributed by atoms with van der Waals surface area (Å²) in [4.78, 5) is 16.0. The molecule has 1 aromatic carbocycles. The van der Waals surface area contributed by atoms with Crippen LogP contribution in [-0.4, -0.2) is 60.8 Å². The van der Waals surface area contributed by atoms with Crippen LogP contribution >= 0.6 is 0 Å². The molecule has 0 unspecified atom stereocenters. The quantitative estimate of drug-likeness (QED) is 0.590. The number of nitrogens with one attached hydrogen (secondary N) is 2. The van der Waals surface area contributed by atoms with Gasteiger partial charge in [-0.15, -0.1) is 0 Å². The van der Waals surface area contributed by atoms with Crippen LogP contribution in [0.3, 0.4) is 0 Å². The van der Waals surface area contributed by atoms with E-state index in [-0.39, 0.29) is 0 Å². The van der Waals surface area contributed by atoms with Crippen molar-refractivity contribution in [1.82, 2.24) is 34.6 Å². The first-order chi connectivity index (χ1) is 12.8. The van der Waals surface area contributed by atoms with Crippen molar-refractivity contribution in [3.05, 3.63) is 36.9 Å². The van der Waals surface area contributed by atoms with Crippen molar-refractivity contribution >= 4 is 28.0 Å². The summed E-state index contributed by atoms with van der Waals surface area (Å²) in [7, 11) is 2.16. The monoisotopic (exact) mass is 348 g/mol. The van der Waals surface area contributed by atoms with E-state index in [9.17, 15) is 0 Å². The molecule has 0 amide bonds. The Bertz CT molecular complexity index is 1060. The summed E-state index contributed by atoms with van der Waals surface area (Å²) in [5.74, 6) is 0.663. The number of hydrogen-bond donors (Lipinski definition) is 2. The van der Waals surface area contributed by atoms with E-state index >= 15 is 0 Å². The minimum Gasteiger partial charge on any atom is -0.351 e. The Morgan fingerprint density at radius 2 is 2.04 bits per heavy atom. The maximum atomic E-state index is 4.73. The summed E-state index contributed by atoms with van der Waals surface area (Å²) in [5.41, 5.74) is 3.56. The van der Waals surface area contributed by atoms with Crippen LogP contribution in [0.2, 0.25) is 0 Å². The van der Waals surface area contributed by atoms with Gasteiger partial charge in [0.25, 0.3) is 0 Å². The van der Waals surface area contributed by atoms with E-state index in [0.29, 0.717) is 12.0 Å². The van der Waals surface area contributed by atoms with E-state index in [1.54, 1.807) is 12.5 Å². The fourth-order valence-electron chi connectivity index (χ4n) is 3.48. The molecule has 1 aliphatic rings. The summed E-state index contributed by atoms with van der Waals surface area (Å²) in [5, 5.41) is 11.7. The van der Waals surface area contributed by atoms with Crippen LogP contribution in [0.15, 0.2) is 36.9 Å². The van der Waals surface area contributed by atoms with E-state index in [4.69, 9.17) is 4.98 Å². The lowest BCUT2D eigenvalue weighted by Gasteiger charge is -2.29. The van der Waals surface area contributed by atoms with Gasteiger partial charge in [0.1, 0.15) is 11.8 Å². The Labute approximate surface area is 150 Å². The second kappa shape index (κ2) is 6.06. The van der Waals surface area contributed by atoms with Crippen LogP contribution in [-0.2, 0) is 0 Å². The van der Waals surface area contributed by atoms with Gasteiger partial charge in [-0.2, -0.15) is 10.1 Å². The molecule has 8 nitrogen and oxygen atoms in total. The van der Waals surface area contributed by atoms with E-state index < -0.39 is 0 Å². The predicted octanol–water partition coefficient (Wildman–Crippen LogP) is 2.20. The standard InChI is InChI=1S/C18H20N8/c1-25-6-4-13(5-7-25)22-18-19-10-16-17(23-18)26(11-20-16)14-3-2-12-9-21-24-15(12)8-14/h2-3,8-11,13H,4-7H2,1H3,(H,21,24)(H,19,22,23). The molecule has 0 radical (unpaired) electrons. The van der Waals surface area contributed by atoms with E-state index in [1.807, 2.05) is 22.9 Å². The number of rotatable bonds is 3. The van der Waals surface area contributed by atoms with E-state index in [1.165, 1.54) is 0 Å². The summed E-state index contributed by atoms with van der Waals surface area (Å²) in [6.45, 7) is 2.20. The average molecular weight is 348 g/mol. The third-order valence-electron chi connectivity index (χ3n) is 5.05. The van der Waals surface area contributed by atoms with Gasteiger partial charge in [0, 0.05) is 11.4 Å². The number of anilines is 1. The fourth-order valence-corrected chi connectivity index (χ4v) is 3.48. The minimum absolute atomic E-state index is 0.418. The molecule has 0 saturated carbocycles. The van der Waals surface area contributed by atoms with Gasteiger partial charge in [-0.25, -0.2) is 9.97 Å². The molecule has 0 bridgehead atoms. The second-order valence-corrected chi connectivity index (χ2v) is 6.88. The topological polar surface area (TPSA) is 87.5 Å². The summed E-state index contributed by atoms with van der Waals surface area (Å²) < 4.78 is 1.98. The van der Waals surface area contributed by atoms with Crippen molar-refractivity contribution in [3.8, 4) is 5.69 Å². The lowest BCUT2D eigenvalue weighted by atomic mass is 10.1. The summed E-state index contributed by atoms with van der Waals surface area (Å²) in [6.07, 6.45) is 7.60. The summed E-state index contributed by atoms with van der Waals surface area (Å²) in [6, 6.07) is 6.56. The van der Waals surface area contributed by atoms with Gasteiger partial charge in [0.15, 0.2) is 5.65 Å². The van der Waals surface area contributed by atoms with Gasteiger partial charge in [-0.1, -0.05) is 0 Å². The van der Waals surface area contributed by atoms with Crippen molar-refractivity contribution in [1.29, 1.82) is 0 Å². The highest BCUT2D eigenvalue weighted by Crippen LogP contribution is 2.21. The predicted molar refractivity (Wildman–Crippen MR) is 100 cm³/mol. The first-order valence-electron chi connectivity index (χ1n) is 8.85. The van der Waals surface area contributed by atoms with Crippen molar-refractivity contribution in [2.75, 3.05) is 25.5 Å². The number of aromatic nitrogens is 6. The number of fused-ring (bicyclic) bond motifs is 2. The highest BCUT2D eigenvalue weighted by Gasteiger charge is 2.18. The van der Waals surface area contributed by atoms with Gasteiger partial charge >= 0.3 is 0 Å². The number of benzene rings is 1. The Morgan fingerprint density at radius 3 is 2.92 bits per heavy atom. The molecule has 3 aromatic heterocycles. The Kier molecular flexibility index (Phi) is 3.56. The zero-order chi connectivity index (χ0) is 17.5. The lowest BCUT2D eigenvalue weighted by Crippen LogP contribution is -2.37. The zero-order valence-corrected chi connectivity index (χ0v) is 14.6. The molecule has 1 saturated heterocycles. The third kappa shape index (κ3) is 2.68. The number of aromatic amines is 1. The highest BCUT2D eigenvalue weighted by molar-refractivity contribution is 5.81. The highest BCUT2D eigenvalue weighted by atomic mass is 15.2. The Balaban J connectivity index is 1.48. The van der Waals surface area contributed by atoms with Crippen molar-refractivity contribution in [2.45, 2.75) is 18.9 Å². The maximum Gasteiger partial charge on any atom is 0.224 e. The molecule has 132 valence electrons. The first kappa shape index (κ1) is 15.3. The van der Waals surface area contributed by atoms with Crippen molar-refractivity contribution < 1.29 is 0 Å². The number of H-pyrrole nitrogens is 1. The zero-order valence-electron chi connectivity index (χ0n) is 14.6. The van der Waals surface area contributed by atoms with Crippen molar-refractivity contribution in [2.24, 2.45) is 0 Å². The van der Waals surface area contributed by atoms with Crippen LogP contribution in [0.25, 0.3) is 27.8 Å². The van der Waals surface area contributed by atoms with Gasteiger partial charge < -0.3 is 10.2 Å². The molecule has 2 N–H and O–H groups in total. The number of hydrogen-bond acceptors (Lipinski definition) is 6. The molecule has 8 heteroatoms. The molecule has 0 atom stereocenters. The van der Waals surface area contributed by atoms with Gasteiger partial charge in [0.2, 0.25) is 5.95 Å². The molecule has 0 aliphatic carbocycles. The summed E-state index contributed by atoms with van der Waals surface area (Å²) >= 11 is 0. The second-order valence-electron chi connectivity index (χ2n) is 6.88. The fraction of sp³-hybridized carbons (Fsp3) is 0.333. The Hall–Kier alpha value is -3.00. The smallest absolute Gasteiger partial charge is 0.224 e. The first-order valence-corrected chi connectivity index (χ1v) is 8.85. The SMILES string of the molecule is CN1CCC(Nc2ncc3ncn(-c4ccc5cn[nH]c5c4)c3n2)CC1. The molecule has 1 fully saturated rings. The normalized spacial score (nSPS) is 16.5. The molecule has 4 aromatic rings. The van der Waals surface area contributed by atoms with E-state index in [2.05, 4.69) is 43.5 Å². The average Bonchev–Trinajstić information content (AvgIpc) is 3.29. The lowest BCUT2D eigenvalue weighted by molar-refractivity contribution is 0.263. The number of nitrogens with zero attached hydrogens (tertiary/aromatic N) is 6. The Morgan fingerprint density at radius 1 is 1.15 bits per heavy atom. The molecule has 5 rings (SSSR count). The molecule has 1 aliphatic heterocycles. The minimum atomic E-state index is 0.418. The molecular formula is C18H20N8. The number of imidazole rings is 1. The molecule has 4 heterocycles. The van der Waals surface area contributed by atoms with Crippen LogP contribution in [0.4, 0.5) is 5.95 Å².